The topological polar surface area (TPSA) is 79.7 Å². The van der Waals surface area contributed by atoms with Crippen molar-refractivity contribution in [2.75, 3.05) is 6.54 Å². The molecule has 0 amide bonds. The summed E-state index contributed by atoms with van der Waals surface area (Å²) in [6.45, 7) is 8.54. The largest absolute Gasteiger partial charge is 0.313 e. The van der Waals surface area contributed by atoms with Gasteiger partial charge in [0.05, 0.1) is 18.0 Å². The molecule has 1 aliphatic heterocycles. The minimum absolute atomic E-state index is 0.00182. The van der Waals surface area contributed by atoms with Crippen molar-refractivity contribution in [1.29, 1.82) is 0 Å². The zero-order valence-corrected chi connectivity index (χ0v) is 18.9. The van der Waals surface area contributed by atoms with E-state index in [9.17, 15) is 4.79 Å². The van der Waals surface area contributed by atoms with Gasteiger partial charge in [0, 0.05) is 24.4 Å². The minimum atomic E-state index is -0.0444. The molecule has 0 spiro atoms. The molecule has 1 aromatic carbocycles. The van der Waals surface area contributed by atoms with E-state index in [2.05, 4.69) is 55.8 Å². The second kappa shape index (κ2) is 8.01. The fourth-order valence-corrected chi connectivity index (χ4v) is 5.33. The molecule has 0 radical (unpaired) electrons. The fraction of sp³-hybridized carbons (Fsp3) is 0.391. The van der Waals surface area contributed by atoms with Crippen LogP contribution in [0.25, 0.3) is 10.2 Å². The zero-order chi connectivity index (χ0) is 21.5. The monoisotopic (exact) mass is 434 g/mol. The maximum absolute atomic E-state index is 12.7. The normalized spacial score (nSPS) is 15.3. The third kappa shape index (κ3) is 3.70. The van der Waals surface area contributed by atoms with Gasteiger partial charge in [0.25, 0.3) is 5.56 Å². The van der Waals surface area contributed by atoms with Crippen molar-refractivity contribution in [1.82, 2.24) is 29.6 Å². The van der Waals surface area contributed by atoms with Crippen LogP contribution in [-0.4, -0.2) is 36.2 Å². The summed E-state index contributed by atoms with van der Waals surface area (Å²) in [7, 11) is 0. The Labute approximate surface area is 184 Å². The first kappa shape index (κ1) is 20.1. The lowest BCUT2D eigenvalue weighted by Gasteiger charge is -2.32. The summed E-state index contributed by atoms with van der Waals surface area (Å²) in [6.07, 6.45) is 1.85. The van der Waals surface area contributed by atoms with Gasteiger partial charge in [-0.2, -0.15) is 0 Å². The second-order valence-corrected chi connectivity index (χ2v) is 9.43. The molecule has 3 aromatic heterocycles. The molecule has 1 atom stereocenters. The molecule has 160 valence electrons. The van der Waals surface area contributed by atoms with Crippen molar-refractivity contribution in [3.8, 4) is 0 Å². The number of aromatic amines is 1. The molecular formula is C23H26N6OS. The molecule has 1 unspecified atom stereocenters. The van der Waals surface area contributed by atoms with Gasteiger partial charge in [-0.05, 0) is 38.3 Å². The molecule has 5 rings (SSSR count). The molecule has 0 bridgehead atoms. The molecule has 0 fully saturated rings. The molecule has 7 nitrogen and oxygen atoms in total. The number of aromatic nitrogens is 5. The van der Waals surface area contributed by atoms with Gasteiger partial charge in [0.15, 0.2) is 0 Å². The van der Waals surface area contributed by atoms with Crippen molar-refractivity contribution in [2.24, 2.45) is 0 Å². The van der Waals surface area contributed by atoms with Gasteiger partial charge in [-0.3, -0.25) is 9.69 Å². The lowest BCUT2D eigenvalue weighted by atomic mass is 10.1. The number of hydrogen-bond acceptors (Lipinski definition) is 6. The van der Waals surface area contributed by atoms with Gasteiger partial charge in [-0.15, -0.1) is 21.5 Å². The number of nitrogens with zero attached hydrogens (tertiary/aromatic N) is 5. The predicted octanol–water partition coefficient (Wildman–Crippen LogP) is 3.55. The summed E-state index contributed by atoms with van der Waals surface area (Å²) in [6, 6.07) is 10.5. The van der Waals surface area contributed by atoms with Crippen molar-refractivity contribution < 1.29 is 0 Å². The molecule has 0 saturated heterocycles. The number of benzene rings is 1. The quantitative estimate of drug-likeness (QED) is 0.520. The first-order valence-corrected chi connectivity index (χ1v) is 11.5. The van der Waals surface area contributed by atoms with E-state index in [1.165, 1.54) is 5.56 Å². The fourth-order valence-electron chi connectivity index (χ4n) is 4.30. The summed E-state index contributed by atoms with van der Waals surface area (Å²) >= 11 is 1.59. The second-order valence-electron chi connectivity index (χ2n) is 8.23. The van der Waals surface area contributed by atoms with E-state index in [4.69, 9.17) is 4.98 Å². The molecule has 0 aliphatic carbocycles. The highest BCUT2D eigenvalue weighted by Crippen LogP contribution is 2.28. The molecule has 0 saturated carbocycles. The van der Waals surface area contributed by atoms with Gasteiger partial charge < -0.3 is 9.55 Å². The summed E-state index contributed by atoms with van der Waals surface area (Å²) in [5, 5.41) is 9.64. The maximum Gasteiger partial charge on any atom is 0.259 e. The SMILES string of the molecule is Cc1sc2nc(C(C)N3CCn4c(CCc5ccccc5)nnc4C3)[nH]c(=O)c2c1C. The molecule has 1 N–H and O–H groups in total. The predicted molar refractivity (Wildman–Crippen MR) is 122 cm³/mol. The Kier molecular flexibility index (Phi) is 5.19. The maximum atomic E-state index is 12.7. The number of H-pyrrole nitrogens is 1. The number of fused-ring (bicyclic) bond motifs is 2. The van der Waals surface area contributed by atoms with Gasteiger partial charge in [-0.1, -0.05) is 30.3 Å². The van der Waals surface area contributed by atoms with E-state index >= 15 is 0 Å². The van der Waals surface area contributed by atoms with E-state index in [0.717, 1.165) is 64.1 Å². The van der Waals surface area contributed by atoms with Crippen LogP contribution in [0.3, 0.4) is 0 Å². The average Bonchev–Trinajstić information content (AvgIpc) is 3.32. The smallest absolute Gasteiger partial charge is 0.259 e. The highest BCUT2D eigenvalue weighted by molar-refractivity contribution is 7.18. The van der Waals surface area contributed by atoms with Crippen LogP contribution in [0, 0.1) is 13.8 Å². The Morgan fingerprint density at radius 2 is 1.94 bits per heavy atom. The van der Waals surface area contributed by atoms with Crippen LogP contribution < -0.4 is 5.56 Å². The zero-order valence-electron chi connectivity index (χ0n) is 18.1. The summed E-state index contributed by atoms with van der Waals surface area (Å²) in [4.78, 5) is 24.8. The number of aryl methyl sites for hydroxylation is 4. The molecule has 31 heavy (non-hydrogen) atoms. The van der Waals surface area contributed by atoms with Gasteiger partial charge in [0.2, 0.25) is 0 Å². The average molecular weight is 435 g/mol. The third-order valence-corrected chi connectivity index (χ3v) is 7.44. The standard InChI is InChI=1S/C23H26N6OS/c1-14-16(3)31-23-20(14)22(30)24-21(25-23)15(2)28-11-12-29-18(26-27-19(29)13-28)10-9-17-7-5-4-6-8-17/h4-8,15H,9-13H2,1-3H3,(H,24,25,30). The van der Waals surface area contributed by atoms with Gasteiger partial charge in [-0.25, -0.2) is 4.98 Å². The van der Waals surface area contributed by atoms with Crippen LogP contribution in [0.15, 0.2) is 35.1 Å². The number of nitrogens with one attached hydrogen (secondary N) is 1. The van der Waals surface area contributed by atoms with Crippen molar-refractivity contribution >= 4 is 21.6 Å². The minimum Gasteiger partial charge on any atom is -0.313 e. The highest BCUT2D eigenvalue weighted by atomic mass is 32.1. The Hall–Kier alpha value is -2.84. The van der Waals surface area contributed by atoms with Crippen LogP contribution in [0.2, 0.25) is 0 Å². The molecular weight excluding hydrogens is 408 g/mol. The van der Waals surface area contributed by atoms with Gasteiger partial charge in [0.1, 0.15) is 22.3 Å². The third-order valence-electron chi connectivity index (χ3n) is 6.34. The van der Waals surface area contributed by atoms with E-state index in [1.54, 1.807) is 11.3 Å². The van der Waals surface area contributed by atoms with Crippen molar-refractivity contribution in [2.45, 2.75) is 52.7 Å². The van der Waals surface area contributed by atoms with E-state index in [1.807, 2.05) is 19.9 Å². The van der Waals surface area contributed by atoms with E-state index < -0.39 is 0 Å². The van der Waals surface area contributed by atoms with Gasteiger partial charge >= 0.3 is 0 Å². The Bertz CT molecular complexity index is 1290. The van der Waals surface area contributed by atoms with Crippen LogP contribution >= 0.6 is 11.3 Å². The van der Waals surface area contributed by atoms with Crippen LogP contribution in [0.1, 0.15) is 46.4 Å². The van der Waals surface area contributed by atoms with Crippen LogP contribution in [-0.2, 0) is 25.9 Å². The first-order chi connectivity index (χ1) is 15.0. The van der Waals surface area contributed by atoms with E-state index in [-0.39, 0.29) is 11.6 Å². The lowest BCUT2D eigenvalue weighted by molar-refractivity contribution is 0.156. The highest BCUT2D eigenvalue weighted by Gasteiger charge is 2.27. The Balaban J connectivity index is 1.33. The Morgan fingerprint density at radius 3 is 2.74 bits per heavy atom. The molecule has 4 heterocycles. The number of thiophene rings is 1. The Morgan fingerprint density at radius 1 is 1.13 bits per heavy atom. The first-order valence-electron chi connectivity index (χ1n) is 10.7. The van der Waals surface area contributed by atoms with Crippen LogP contribution in [0.4, 0.5) is 0 Å². The molecule has 4 aromatic rings. The van der Waals surface area contributed by atoms with Crippen molar-refractivity contribution in [3.63, 3.8) is 0 Å². The summed E-state index contributed by atoms with van der Waals surface area (Å²) < 4.78 is 2.25. The van der Waals surface area contributed by atoms with Crippen LogP contribution in [0.5, 0.6) is 0 Å². The summed E-state index contributed by atoms with van der Waals surface area (Å²) in [5.74, 6) is 2.74. The van der Waals surface area contributed by atoms with Crippen molar-refractivity contribution in [3.05, 3.63) is 74.2 Å². The number of rotatable bonds is 5. The lowest BCUT2D eigenvalue weighted by Crippen LogP contribution is -2.37. The molecule has 1 aliphatic rings. The molecule has 8 heteroatoms. The number of hydrogen-bond donors (Lipinski definition) is 1. The summed E-state index contributed by atoms with van der Waals surface area (Å²) in [5.41, 5.74) is 2.30. The van der Waals surface area contributed by atoms with E-state index in [0.29, 0.717) is 6.54 Å².